The van der Waals surface area contributed by atoms with E-state index in [-0.39, 0.29) is 12.3 Å². The van der Waals surface area contributed by atoms with Gasteiger partial charge in [0.05, 0.1) is 22.2 Å². The van der Waals surface area contributed by atoms with Gasteiger partial charge in [0, 0.05) is 4.47 Å². The van der Waals surface area contributed by atoms with E-state index in [9.17, 15) is 4.79 Å². The fourth-order valence-corrected chi connectivity index (χ4v) is 2.57. The minimum atomic E-state index is -0.159. The summed E-state index contributed by atoms with van der Waals surface area (Å²) < 4.78 is 0.938. The molecule has 0 atom stereocenters. The van der Waals surface area contributed by atoms with Crippen LogP contribution >= 0.6 is 39.1 Å². The third-order valence-electron chi connectivity index (χ3n) is 2.48. The predicted octanol–water partition coefficient (Wildman–Crippen LogP) is 4.94. The number of rotatable bonds is 3. The van der Waals surface area contributed by atoms with E-state index < -0.39 is 0 Å². The van der Waals surface area contributed by atoms with Crippen molar-refractivity contribution in [3.63, 3.8) is 0 Å². The third-order valence-corrected chi connectivity index (χ3v) is 3.60. The zero-order valence-electron chi connectivity index (χ0n) is 9.79. The molecule has 2 aromatic carbocycles. The van der Waals surface area contributed by atoms with Crippen molar-refractivity contribution in [3.8, 4) is 0 Å². The first kappa shape index (κ1) is 14.4. The lowest BCUT2D eigenvalue weighted by atomic mass is 10.1. The summed E-state index contributed by atoms with van der Waals surface area (Å²) in [5.41, 5.74) is 1.36. The second-order valence-corrected chi connectivity index (χ2v) is 5.68. The number of hydrogen-bond acceptors (Lipinski definition) is 1. The number of carbonyl (C=O) groups is 1. The molecule has 0 aromatic heterocycles. The Hall–Kier alpha value is -1.03. The Morgan fingerprint density at radius 1 is 1.11 bits per heavy atom. The number of halogens is 3. The van der Waals surface area contributed by atoms with Crippen LogP contribution in [0, 0.1) is 0 Å². The van der Waals surface area contributed by atoms with Crippen LogP contribution in [0.25, 0.3) is 0 Å². The van der Waals surface area contributed by atoms with Crippen LogP contribution in [0.3, 0.4) is 0 Å². The Morgan fingerprint density at radius 2 is 1.74 bits per heavy atom. The Kier molecular flexibility index (Phi) is 4.86. The normalized spacial score (nSPS) is 10.3. The summed E-state index contributed by atoms with van der Waals surface area (Å²) in [5, 5.41) is 3.58. The van der Waals surface area contributed by atoms with E-state index in [4.69, 9.17) is 23.2 Å². The van der Waals surface area contributed by atoms with Gasteiger partial charge in [-0.2, -0.15) is 0 Å². The molecule has 98 valence electrons. The molecule has 0 fully saturated rings. The number of carbonyl (C=O) groups excluding carboxylic acids is 1. The molecule has 0 radical (unpaired) electrons. The van der Waals surface area contributed by atoms with Gasteiger partial charge >= 0.3 is 0 Å². The zero-order chi connectivity index (χ0) is 13.8. The molecule has 1 amide bonds. The lowest BCUT2D eigenvalue weighted by Gasteiger charge is -2.09. The van der Waals surface area contributed by atoms with Gasteiger partial charge in [-0.3, -0.25) is 4.79 Å². The summed E-state index contributed by atoms with van der Waals surface area (Å²) in [7, 11) is 0. The van der Waals surface area contributed by atoms with E-state index in [0.717, 1.165) is 10.0 Å². The molecule has 2 nitrogen and oxygen atoms in total. The van der Waals surface area contributed by atoms with Crippen molar-refractivity contribution in [2.45, 2.75) is 6.42 Å². The van der Waals surface area contributed by atoms with Gasteiger partial charge in [0.15, 0.2) is 0 Å². The maximum atomic E-state index is 12.0. The van der Waals surface area contributed by atoms with Crippen molar-refractivity contribution >= 4 is 50.7 Å². The lowest BCUT2D eigenvalue weighted by Crippen LogP contribution is -2.15. The summed E-state index contributed by atoms with van der Waals surface area (Å²) in [6.45, 7) is 0. The van der Waals surface area contributed by atoms with Gasteiger partial charge in [0.2, 0.25) is 5.91 Å². The first-order chi connectivity index (χ1) is 9.06. The molecule has 19 heavy (non-hydrogen) atoms. The molecule has 0 unspecified atom stereocenters. The highest BCUT2D eigenvalue weighted by Gasteiger charge is 2.10. The number of nitrogens with one attached hydrogen (secondary N) is 1. The van der Waals surface area contributed by atoms with Crippen LogP contribution in [0.4, 0.5) is 5.69 Å². The van der Waals surface area contributed by atoms with Crippen LogP contribution in [-0.4, -0.2) is 5.91 Å². The molecule has 5 heteroatoms. The molecule has 0 bridgehead atoms. The van der Waals surface area contributed by atoms with Crippen molar-refractivity contribution in [2.75, 3.05) is 5.32 Å². The second kappa shape index (κ2) is 6.42. The van der Waals surface area contributed by atoms with Gasteiger partial charge in [-0.15, -0.1) is 0 Å². The highest BCUT2D eigenvalue weighted by Crippen LogP contribution is 2.29. The van der Waals surface area contributed by atoms with Crippen LogP contribution in [-0.2, 0) is 11.2 Å². The van der Waals surface area contributed by atoms with Crippen molar-refractivity contribution < 1.29 is 4.79 Å². The number of anilines is 1. The van der Waals surface area contributed by atoms with Gasteiger partial charge in [0.25, 0.3) is 0 Å². The first-order valence-electron chi connectivity index (χ1n) is 5.54. The molecule has 2 aromatic rings. The van der Waals surface area contributed by atoms with Crippen molar-refractivity contribution in [2.24, 2.45) is 0 Å². The predicted molar refractivity (Wildman–Crippen MR) is 82.9 cm³/mol. The topological polar surface area (TPSA) is 29.1 Å². The lowest BCUT2D eigenvalue weighted by molar-refractivity contribution is -0.115. The van der Waals surface area contributed by atoms with Crippen LogP contribution < -0.4 is 5.32 Å². The van der Waals surface area contributed by atoms with Gasteiger partial charge in [-0.25, -0.2) is 0 Å². The van der Waals surface area contributed by atoms with Crippen LogP contribution in [0.2, 0.25) is 10.0 Å². The second-order valence-electron chi connectivity index (χ2n) is 3.95. The molecule has 0 saturated heterocycles. The van der Waals surface area contributed by atoms with Gasteiger partial charge < -0.3 is 5.32 Å². The Balaban J connectivity index is 2.10. The quantitative estimate of drug-likeness (QED) is 0.827. The largest absolute Gasteiger partial charge is 0.323 e. The molecule has 1 N–H and O–H groups in total. The summed E-state index contributed by atoms with van der Waals surface area (Å²) >= 11 is 15.4. The minimum absolute atomic E-state index is 0.159. The van der Waals surface area contributed by atoms with E-state index in [1.807, 2.05) is 24.3 Å². The molecule has 0 saturated carbocycles. The fraction of sp³-hybridized carbons (Fsp3) is 0.0714. The van der Waals surface area contributed by atoms with Crippen molar-refractivity contribution in [3.05, 3.63) is 62.5 Å². The SMILES string of the molecule is O=C(Cc1cccc(Br)c1)Nc1c(Cl)cccc1Cl. The third kappa shape index (κ3) is 3.96. The molecule has 0 aliphatic carbocycles. The molecule has 0 aliphatic rings. The van der Waals surface area contributed by atoms with E-state index in [2.05, 4.69) is 21.2 Å². The molecule has 0 spiro atoms. The maximum absolute atomic E-state index is 12.0. The average Bonchev–Trinajstić information content (AvgIpc) is 2.34. The smallest absolute Gasteiger partial charge is 0.228 e. The van der Waals surface area contributed by atoms with Crippen molar-refractivity contribution in [1.82, 2.24) is 0 Å². The average molecular weight is 359 g/mol. The summed E-state index contributed by atoms with van der Waals surface area (Å²) in [4.78, 5) is 12.0. The van der Waals surface area contributed by atoms with Crippen LogP contribution in [0.15, 0.2) is 46.9 Å². The van der Waals surface area contributed by atoms with E-state index in [0.29, 0.717) is 15.7 Å². The van der Waals surface area contributed by atoms with E-state index in [1.54, 1.807) is 18.2 Å². The maximum Gasteiger partial charge on any atom is 0.228 e. The number of benzene rings is 2. The summed E-state index contributed by atoms with van der Waals surface area (Å²) in [5.74, 6) is -0.159. The van der Waals surface area contributed by atoms with Gasteiger partial charge in [-0.05, 0) is 29.8 Å². The monoisotopic (exact) mass is 357 g/mol. The molecule has 0 heterocycles. The molecular formula is C14H10BrCl2NO. The van der Waals surface area contributed by atoms with Crippen molar-refractivity contribution in [1.29, 1.82) is 0 Å². The fourth-order valence-electron chi connectivity index (χ4n) is 1.63. The summed E-state index contributed by atoms with van der Waals surface area (Å²) in [6, 6.07) is 12.7. The Bertz CT molecular complexity index is 596. The minimum Gasteiger partial charge on any atom is -0.323 e. The van der Waals surface area contributed by atoms with Gasteiger partial charge in [-0.1, -0.05) is 57.3 Å². The number of amides is 1. The molecule has 2 rings (SSSR count). The van der Waals surface area contributed by atoms with Crippen LogP contribution in [0.1, 0.15) is 5.56 Å². The first-order valence-corrected chi connectivity index (χ1v) is 7.09. The number of hydrogen-bond donors (Lipinski definition) is 1. The molecule has 0 aliphatic heterocycles. The zero-order valence-corrected chi connectivity index (χ0v) is 12.9. The Labute approximate surface area is 129 Å². The highest BCUT2D eigenvalue weighted by molar-refractivity contribution is 9.10. The number of para-hydroxylation sites is 1. The standard InChI is InChI=1S/C14H10BrCl2NO/c15-10-4-1-3-9(7-10)8-13(19)18-14-11(16)5-2-6-12(14)17/h1-7H,8H2,(H,18,19). The van der Waals surface area contributed by atoms with E-state index in [1.165, 1.54) is 0 Å². The van der Waals surface area contributed by atoms with E-state index >= 15 is 0 Å². The van der Waals surface area contributed by atoms with Gasteiger partial charge in [0.1, 0.15) is 0 Å². The summed E-state index contributed by atoms with van der Waals surface area (Å²) in [6.07, 6.45) is 0.265. The Morgan fingerprint density at radius 3 is 2.37 bits per heavy atom. The molecular weight excluding hydrogens is 349 g/mol. The highest BCUT2D eigenvalue weighted by atomic mass is 79.9. The van der Waals surface area contributed by atoms with Crippen LogP contribution in [0.5, 0.6) is 0 Å².